The van der Waals surface area contributed by atoms with E-state index in [1.54, 1.807) is 17.9 Å². The molecule has 1 saturated heterocycles. The van der Waals surface area contributed by atoms with Gasteiger partial charge in [0.05, 0.1) is 29.5 Å². The van der Waals surface area contributed by atoms with E-state index in [2.05, 4.69) is 10.2 Å². The van der Waals surface area contributed by atoms with Gasteiger partial charge in [-0.05, 0) is 31.2 Å². The molecule has 0 radical (unpaired) electrons. The smallest absolute Gasteiger partial charge is 0.276 e. The molecule has 178 valence electrons. The Bertz CT molecular complexity index is 1300. The molecule has 10 nitrogen and oxygen atoms in total. The van der Waals surface area contributed by atoms with Crippen LogP contribution in [-0.4, -0.2) is 77.9 Å². The Kier molecular flexibility index (Phi) is 5.96. The number of sulfonamides is 1. The van der Waals surface area contributed by atoms with Crippen molar-refractivity contribution < 1.29 is 22.7 Å². The van der Waals surface area contributed by atoms with Crippen LogP contribution >= 0.6 is 0 Å². The summed E-state index contributed by atoms with van der Waals surface area (Å²) in [5.74, 6) is 0.724. The van der Waals surface area contributed by atoms with Gasteiger partial charge in [0, 0.05) is 38.7 Å². The number of para-hydroxylation sites is 1. The highest BCUT2D eigenvalue weighted by Gasteiger charge is 2.32. The van der Waals surface area contributed by atoms with Gasteiger partial charge in [0.25, 0.3) is 5.91 Å². The second-order valence-corrected chi connectivity index (χ2v) is 10.1. The molecule has 34 heavy (non-hydrogen) atoms. The lowest BCUT2D eigenvalue weighted by Crippen LogP contribution is -2.50. The van der Waals surface area contributed by atoms with E-state index in [1.165, 1.54) is 21.2 Å². The lowest BCUT2D eigenvalue weighted by molar-refractivity contribution is 0.0690. The molecule has 2 aromatic carbocycles. The van der Waals surface area contributed by atoms with Gasteiger partial charge in [-0.3, -0.25) is 4.79 Å². The number of rotatable bonds is 4. The van der Waals surface area contributed by atoms with Crippen LogP contribution in [0.25, 0.3) is 5.69 Å². The standard InChI is InChI=1S/C23H25N5O5S/c1-17-22(25-28(24-17)18-6-3-2-4-7-18)23(29)26-10-12-27(13-11-26)34(30,31)19-8-9-20-21(16-19)33-15-5-14-32-20/h2-4,6-9,16H,5,10-15H2,1H3. The van der Waals surface area contributed by atoms with Gasteiger partial charge >= 0.3 is 0 Å². The van der Waals surface area contributed by atoms with Crippen LogP contribution in [0.4, 0.5) is 0 Å². The average Bonchev–Trinajstić information content (AvgIpc) is 3.10. The Balaban J connectivity index is 1.28. The first-order chi connectivity index (χ1) is 16.4. The van der Waals surface area contributed by atoms with E-state index in [0.29, 0.717) is 30.4 Å². The molecule has 3 heterocycles. The molecule has 0 aliphatic carbocycles. The van der Waals surface area contributed by atoms with Crippen LogP contribution in [0.1, 0.15) is 22.6 Å². The highest BCUT2D eigenvalue weighted by atomic mass is 32.2. The fourth-order valence-electron chi connectivity index (χ4n) is 3.99. The first kappa shape index (κ1) is 22.4. The van der Waals surface area contributed by atoms with Crippen LogP contribution < -0.4 is 9.47 Å². The Labute approximate surface area is 197 Å². The molecular formula is C23H25N5O5S. The van der Waals surface area contributed by atoms with Crippen LogP contribution in [-0.2, 0) is 10.0 Å². The number of ether oxygens (including phenoxy) is 2. The molecule has 0 N–H and O–H groups in total. The van der Waals surface area contributed by atoms with E-state index < -0.39 is 10.0 Å². The quantitative estimate of drug-likeness (QED) is 0.558. The summed E-state index contributed by atoms with van der Waals surface area (Å²) in [6.45, 7) is 3.66. The zero-order valence-electron chi connectivity index (χ0n) is 18.8. The van der Waals surface area contributed by atoms with Gasteiger partial charge in [0.15, 0.2) is 17.2 Å². The fraction of sp³-hybridized carbons (Fsp3) is 0.348. The Morgan fingerprint density at radius 2 is 1.62 bits per heavy atom. The summed E-state index contributed by atoms with van der Waals surface area (Å²) in [4.78, 5) is 16.3. The van der Waals surface area contributed by atoms with Gasteiger partial charge in [-0.25, -0.2) is 8.42 Å². The maximum Gasteiger partial charge on any atom is 0.276 e. The van der Waals surface area contributed by atoms with Crippen molar-refractivity contribution >= 4 is 15.9 Å². The minimum Gasteiger partial charge on any atom is -0.490 e. The number of amides is 1. The Morgan fingerprint density at radius 3 is 2.35 bits per heavy atom. The van der Waals surface area contributed by atoms with Crippen molar-refractivity contribution in [3.63, 3.8) is 0 Å². The molecule has 2 aliphatic heterocycles. The minimum absolute atomic E-state index is 0.151. The molecule has 0 atom stereocenters. The molecule has 3 aromatic rings. The van der Waals surface area contributed by atoms with Crippen LogP contribution in [0.15, 0.2) is 53.4 Å². The molecule has 0 spiro atoms. The third kappa shape index (κ3) is 4.24. The van der Waals surface area contributed by atoms with E-state index in [9.17, 15) is 13.2 Å². The second-order valence-electron chi connectivity index (χ2n) is 8.11. The molecule has 11 heteroatoms. The number of piperazine rings is 1. The lowest BCUT2D eigenvalue weighted by atomic mass is 10.2. The predicted molar refractivity (Wildman–Crippen MR) is 123 cm³/mol. The average molecular weight is 484 g/mol. The molecule has 1 amide bonds. The molecule has 1 aromatic heterocycles. The Morgan fingerprint density at radius 1 is 0.912 bits per heavy atom. The summed E-state index contributed by atoms with van der Waals surface area (Å²) < 4.78 is 39.1. The number of carbonyl (C=O) groups excluding carboxylic acids is 1. The number of benzene rings is 2. The number of aryl methyl sites for hydroxylation is 1. The highest BCUT2D eigenvalue weighted by molar-refractivity contribution is 7.89. The molecule has 0 bridgehead atoms. The van der Waals surface area contributed by atoms with Crippen LogP contribution in [0, 0.1) is 6.92 Å². The zero-order chi connectivity index (χ0) is 23.7. The minimum atomic E-state index is -3.73. The van der Waals surface area contributed by atoms with Crippen molar-refractivity contribution in [2.75, 3.05) is 39.4 Å². The van der Waals surface area contributed by atoms with E-state index in [1.807, 2.05) is 30.3 Å². The number of hydrogen-bond acceptors (Lipinski definition) is 7. The SMILES string of the molecule is Cc1nn(-c2ccccc2)nc1C(=O)N1CCN(S(=O)(=O)c2ccc3c(c2)OCCCO3)CC1. The number of hydrogen-bond donors (Lipinski definition) is 0. The predicted octanol–water partition coefficient (Wildman–Crippen LogP) is 1.88. The first-order valence-corrected chi connectivity index (χ1v) is 12.6. The van der Waals surface area contributed by atoms with Gasteiger partial charge in [-0.1, -0.05) is 18.2 Å². The van der Waals surface area contributed by atoms with Crippen molar-refractivity contribution in [3.8, 4) is 17.2 Å². The van der Waals surface area contributed by atoms with Gasteiger partial charge in [0.1, 0.15) is 0 Å². The number of aromatic nitrogens is 3. The summed E-state index contributed by atoms with van der Waals surface area (Å²) in [5, 5.41) is 8.74. The van der Waals surface area contributed by atoms with Crippen molar-refractivity contribution in [1.82, 2.24) is 24.2 Å². The van der Waals surface area contributed by atoms with Crippen molar-refractivity contribution in [2.24, 2.45) is 0 Å². The van der Waals surface area contributed by atoms with Crippen molar-refractivity contribution in [1.29, 1.82) is 0 Å². The van der Waals surface area contributed by atoms with Crippen molar-refractivity contribution in [2.45, 2.75) is 18.2 Å². The van der Waals surface area contributed by atoms with E-state index in [-0.39, 0.29) is 42.7 Å². The summed E-state index contributed by atoms with van der Waals surface area (Å²) in [5.41, 5.74) is 1.55. The van der Waals surface area contributed by atoms with Crippen LogP contribution in [0.5, 0.6) is 11.5 Å². The van der Waals surface area contributed by atoms with Crippen LogP contribution in [0.3, 0.4) is 0 Å². The first-order valence-electron chi connectivity index (χ1n) is 11.1. The normalized spacial score (nSPS) is 16.8. The Hall–Kier alpha value is -3.44. The maximum absolute atomic E-state index is 13.2. The summed E-state index contributed by atoms with van der Waals surface area (Å²) >= 11 is 0. The highest BCUT2D eigenvalue weighted by Crippen LogP contribution is 2.33. The molecular weight excluding hydrogens is 458 g/mol. The number of carbonyl (C=O) groups is 1. The van der Waals surface area contributed by atoms with Crippen molar-refractivity contribution in [3.05, 3.63) is 59.9 Å². The largest absolute Gasteiger partial charge is 0.490 e. The molecule has 1 fully saturated rings. The van der Waals surface area contributed by atoms with E-state index in [0.717, 1.165) is 12.1 Å². The topological polar surface area (TPSA) is 107 Å². The van der Waals surface area contributed by atoms with Gasteiger partial charge in [-0.15, -0.1) is 5.10 Å². The van der Waals surface area contributed by atoms with Gasteiger partial charge in [-0.2, -0.15) is 14.2 Å². The zero-order valence-corrected chi connectivity index (χ0v) is 19.6. The summed E-state index contributed by atoms with van der Waals surface area (Å²) in [7, 11) is -3.73. The summed E-state index contributed by atoms with van der Waals surface area (Å²) in [6.07, 6.45) is 0.741. The van der Waals surface area contributed by atoms with E-state index >= 15 is 0 Å². The van der Waals surface area contributed by atoms with Gasteiger partial charge in [0.2, 0.25) is 10.0 Å². The number of fused-ring (bicyclic) bond motifs is 1. The van der Waals surface area contributed by atoms with Gasteiger partial charge < -0.3 is 14.4 Å². The summed E-state index contributed by atoms with van der Waals surface area (Å²) in [6, 6.07) is 14.0. The molecule has 2 aliphatic rings. The monoisotopic (exact) mass is 483 g/mol. The molecule has 5 rings (SSSR count). The van der Waals surface area contributed by atoms with Crippen LogP contribution in [0.2, 0.25) is 0 Å². The third-order valence-electron chi connectivity index (χ3n) is 5.85. The lowest BCUT2D eigenvalue weighted by Gasteiger charge is -2.33. The number of nitrogens with zero attached hydrogens (tertiary/aromatic N) is 5. The molecule has 0 saturated carbocycles. The second kappa shape index (κ2) is 9.07. The maximum atomic E-state index is 13.2. The fourth-order valence-corrected chi connectivity index (χ4v) is 5.43. The van der Waals surface area contributed by atoms with E-state index in [4.69, 9.17) is 9.47 Å². The molecule has 0 unspecified atom stereocenters. The third-order valence-corrected chi connectivity index (χ3v) is 7.75.